The molecule has 1 amide bonds. The number of methoxy groups -OCH3 is 1. The Hall–Kier alpha value is -1.55. The highest BCUT2D eigenvalue weighted by Crippen LogP contribution is 2.37. The average molecular weight is 331 g/mol. The summed E-state index contributed by atoms with van der Waals surface area (Å²) in [5.74, 6) is 1.22. The second kappa shape index (κ2) is 8.02. The normalized spacial score (nSPS) is 25.8. The van der Waals surface area contributed by atoms with E-state index >= 15 is 0 Å². The van der Waals surface area contributed by atoms with Crippen molar-refractivity contribution in [1.82, 2.24) is 4.90 Å². The van der Waals surface area contributed by atoms with Gasteiger partial charge >= 0.3 is 0 Å². The van der Waals surface area contributed by atoms with E-state index in [0.29, 0.717) is 30.5 Å². The van der Waals surface area contributed by atoms with Gasteiger partial charge in [0.25, 0.3) is 0 Å². The van der Waals surface area contributed by atoms with E-state index in [2.05, 4.69) is 24.0 Å². The Labute approximate surface area is 145 Å². The second-order valence-electron chi connectivity index (χ2n) is 7.01. The lowest BCUT2D eigenvalue weighted by atomic mass is 9.98. The van der Waals surface area contributed by atoms with Crippen LogP contribution in [0, 0.1) is 0 Å². The van der Waals surface area contributed by atoms with Gasteiger partial charge in [0.1, 0.15) is 5.75 Å². The van der Waals surface area contributed by atoms with Crippen molar-refractivity contribution in [2.75, 3.05) is 13.7 Å². The zero-order valence-electron chi connectivity index (χ0n) is 14.9. The molecule has 1 aromatic carbocycles. The predicted octanol–water partition coefficient (Wildman–Crippen LogP) is 3.58. The van der Waals surface area contributed by atoms with E-state index in [1.54, 1.807) is 7.11 Å². The summed E-state index contributed by atoms with van der Waals surface area (Å²) in [6, 6.07) is 8.94. The first-order valence-corrected chi connectivity index (χ1v) is 9.27. The fraction of sp³-hybridized carbons (Fsp3) is 0.650. The molecule has 2 fully saturated rings. The number of piperidine rings is 1. The molecule has 0 saturated carbocycles. The summed E-state index contributed by atoms with van der Waals surface area (Å²) in [5.41, 5.74) is 1.20. The number of benzene rings is 1. The Morgan fingerprint density at radius 1 is 1.17 bits per heavy atom. The number of nitrogens with zero attached hydrogens (tertiary/aromatic N) is 1. The average Bonchev–Trinajstić information content (AvgIpc) is 2.88. The Kier molecular flexibility index (Phi) is 5.77. The predicted molar refractivity (Wildman–Crippen MR) is 94.2 cm³/mol. The molecule has 2 aliphatic rings. The molecular formula is C20H29NO3. The van der Waals surface area contributed by atoms with Gasteiger partial charge in [-0.3, -0.25) is 4.79 Å². The van der Waals surface area contributed by atoms with Crippen LogP contribution in [0.1, 0.15) is 51.0 Å². The molecule has 2 heterocycles. The topological polar surface area (TPSA) is 38.8 Å². The van der Waals surface area contributed by atoms with Crippen molar-refractivity contribution in [3.63, 3.8) is 0 Å². The van der Waals surface area contributed by atoms with Gasteiger partial charge < -0.3 is 14.4 Å². The minimum atomic E-state index is 0.309. The van der Waals surface area contributed by atoms with Gasteiger partial charge in [-0.2, -0.15) is 0 Å². The molecule has 2 atom stereocenters. The number of carbonyl (C=O) groups is 1. The third-order valence-electron chi connectivity index (χ3n) is 5.33. The Balaban J connectivity index is 1.51. The van der Waals surface area contributed by atoms with Crippen LogP contribution < -0.4 is 4.74 Å². The van der Waals surface area contributed by atoms with Crippen molar-refractivity contribution in [2.45, 2.75) is 70.1 Å². The van der Waals surface area contributed by atoms with Crippen LogP contribution in [0.2, 0.25) is 0 Å². The van der Waals surface area contributed by atoms with E-state index in [-0.39, 0.29) is 0 Å². The number of aryl methyl sites for hydroxylation is 1. The van der Waals surface area contributed by atoms with Crippen molar-refractivity contribution in [1.29, 1.82) is 0 Å². The minimum absolute atomic E-state index is 0.309. The molecule has 2 unspecified atom stereocenters. The van der Waals surface area contributed by atoms with E-state index in [0.717, 1.165) is 50.9 Å². The third-order valence-corrected chi connectivity index (χ3v) is 5.33. The lowest BCUT2D eigenvalue weighted by molar-refractivity contribution is -0.137. The Bertz CT molecular complexity index is 528. The fourth-order valence-electron chi connectivity index (χ4n) is 4.08. The van der Waals surface area contributed by atoms with Crippen LogP contribution in [0.25, 0.3) is 0 Å². The van der Waals surface area contributed by atoms with Gasteiger partial charge in [-0.25, -0.2) is 0 Å². The molecule has 0 aromatic heterocycles. The van der Waals surface area contributed by atoms with Crippen molar-refractivity contribution in [3.8, 4) is 5.75 Å². The van der Waals surface area contributed by atoms with Crippen LogP contribution in [0.3, 0.4) is 0 Å². The molecule has 0 radical (unpaired) electrons. The Morgan fingerprint density at radius 3 is 2.42 bits per heavy atom. The molecule has 4 nitrogen and oxygen atoms in total. The molecule has 24 heavy (non-hydrogen) atoms. The Morgan fingerprint density at radius 2 is 1.83 bits per heavy atom. The summed E-state index contributed by atoms with van der Waals surface area (Å²) in [5, 5.41) is 0. The first kappa shape index (κ1) is 17.3. The monoisotopic (exact) mass is 331 g/mol. The van der Waals surface area contributed by atoms with Crippen LogP contribution in [-0.4, -0.2) is 42.7 Å². The maximum absolute atomic E-state index is 12.7. The maximum atomic E-state index is 12.7. The molecule has 0 N–H and O–H groups in total. The summed E-state index contributed by atoms with van der Waals surface area (Å²) < 4.78 is 11.1. The van der Waals surface area contributed by atoms with E-state index < -0.39 is 0 Å². The van der Waals surface area contributed by atoms with Gasteiger partial charge in [-0.05, 0) is 56.2 Å². The van der Waals surface area contributed by atoms with Crippen molar-refractivity contribution < 1.29 is 14.3 Å². The number of fused-ring (bicyclic) bond motifs is 2. The van der Waals surface area contributed by atoms with E-state index in [1.165, 1.54) is 5.56 Å². The van der Waals surface area contributed by atoms with Crippen LogP contribution in [0.4, 0.5) is 0 Å². The molecular weight excluding hydrogens is 302 g/mol. The van der Waals surface area contributed by atoms with Crippen molar-refractivity contribution >= 4 is 5.91 Å². The molecule has 1 aromatic rings. The highest BCUT2D eigenvalue weighted by atomic mass is 16.5. The van der Waals surface area contributed by atoms with Crippen LogP contribution in [0.5, 0.6) is 5.75 Å². The summed E-state index contributed by atoms with van der Waals surface area (Å²) in [7, 11) is 1.79. The summed E-state index contributed by atoms with van der Waals surface area (Å²) in [6.45, 7) is 2.85. The lowest BCUT2D eigenvalue weighted by Gasteiger charge is -2.38. The van der Waals surface area contributed by atoms with Gasteiger partial charge in [0.2, 0.25) is 5.91 Å². The number of hydrogen-bond donors (Lipinski definition) is 0. The molecule has 2 saturated heterocycles. The molecule has 3 rings (SSSR count). The van der Waals surface area contributed by atoms with Crippen LogP contribution >= 0.6 is 0 Å². The molecule has 0 aliphatic carbocycles. The van der Waals surface area contributed by atoms with E-state index in [9.17, 15) is 4.79 Å². The summed E-state index contributed by atoms with van der Waals surface area (Å²) in [6.07, 6.45) is 7.03. The zero-order valence-corrected chi connectivity index (χ0v) is 14.9. The number of ether oxygens (including phenoxy) is 2. The standard InChI is InChI=1S/C20H29NO3/c1-3-12-24-18-9-4-15(5-10-18)6-11-20(22)21-16-7-8-17(21)14-19(13-16)23-2/h4-5,9-10,16-17,19H,3,6-8,11-14H2,1-2H3. The number of rotatable bonds is 7. The van der Waals surface area contributed by atoms with Gasteiger partial charge in [0.15, 0.2) is 0 Å². The molecule has 2 bridgehead atoms. The van der Waals surface area contributed by atoms with E-state index in [1.807, 2.05) is 12.1 Å². The first-order valence-electron chi connectivity index (χ1n) is 9.27. The molecule has 2 aliphatic heterocycles. The molecule has 4 heteroatoms. The number of amides is 1. The zero-order chi connectivity index (χ0) is 16.9. The van der Waals surface area contributed by atoms with Crippen LogP contribution in [-0.2, 0) is 16.0 Å². The number of hydrogen-bond acceptors (Lipinski definition) is 3. The van der Waals surface area contributed by atoms with Crippen molar-refractivity contribution in [2.24, 2.45) is 0 Å². The summed E-state index contributed by atoms with van der Waals surface area (Å²) >= 11 is 0. The van der Waals surface area contributed by atoms with Gasteiger partial charge in [0.05, 0.1) is 12.7 Å². The minimum Gasteiger partial charge on any atom is -0.494 e. The van der Waals surface area contributed by atoms with Crippen LogP contribution in [0.15, 0.2) is 24.3 Å². The molecule has 0 spiro atoms. The van der Waals surface area contributed by atoms with Gasteiger partial charge in [-0.1, -0.05) is 19.1 Å². The second-order valence-corrected chi connectivity index (χ2v) is 7.01. The van der Waals surface area contributed by atoms with E-state index in [4.69, 9.17) is 9.47 Å². The maximum Gasteiger partial charge on any atom is 0.223 e. The quantitative estimate of drug-likeness (QED) is 0.766. The first-order chi connectivity index (χ1) is 11.7. The van der Waals surface area contributed by atoms with Crippen molar-refractivity contribution in [3.05, 3.63) is 29.8 Å². The third kappa shape index (κ3) is 3.92. The van der Waals surface area contributed by atoms with Gasteiger partial charge in [0, 0.05) is 25.6 Å². The smallest absolute Gasteiger partial charge is 0.223 e. The largest absolute Gasteiger partial charge is 0.494 e. The lowest BCUT2D eigenvalue weighted by Crippen LogP contribution is -2.48. The van der Waals surface area contributed by atoms with Gasteiger partial charge in [-0.15, -0.1) is 0 Å². The molecule has 132 valence electrons. The number of carbonyl (C=O) groups excluding carboxylic acids is 1. The highest BCUT2D eigenvalue weighted by molar-refractivity contribution is 5.77. The SMILES string of the molecule is CCCOc1ccc(CCC(=O)N2C3CCC2CC(OC)C3)cc1. The fourth-order valence-corrected chi connectivity index (χ4v) is 4.08. The highest BCUT2D eigenvalue weighted by Gasteiger charge is 2.42. The summed E-state index contributed by atoms with van der Waals surface area (Å²) in [4.78, 5) is 14.9.